The Labute approximate surface area is 126 Å². The first-order valence-corrected chi connectivity index (χ1v) is 8.09. The van der Waals surface area contributed by atoms with Gasteiger partial charge >= 0.3 is 0 Å². The molecule has 4 nitrogen and oxygen atoms in total. The lowest BCUT2D eigenvalue weighted by atomic mass is 9.87. The van der Waals surface area contributed by atoms with Gasteiger partial charge in [0.15, 0.2) is 0 Å². The molecule has 21 heavy (non-hydrogen) atoms. The van der Waals surface area contributed by atoms with Crippen LogP contribution in [0, 0.1) is 12.8 Å². The van der Waals surface area contributed by atoms with Crippen LogP contribution in [0.25, 0.3) is 0 Å². The number of rotatable bonds is 2. The molecule has 1 aliphatic heterocycles. The van der Waals surface area contributed by atoms with Gasteiger partial charge in [-0.3, -0.25) is 9.78 Å². The zero-order valence-corrected chi connectivity index (χ0v) is 12.7. The van der Waals surface area contributed by atoms with Crippen molar-refractivity contribution in [2.75, 3.05) is 6.54 Å². The van der Waals surface area contributed by atoms with Gasteiger partial charge < -0.3 is 10.0 Å². The number of pyridine rings is 1. The van der Waals surface area contributed by atoms with E-state index in [1.165, 1.54) is 0 Å². The second-order valence-corrected chi connectivity index (χ2v) is 6.36. The molecule has 2 fully saturated rings. The monoisotopic (exact) mass is 288 g/mol. The molecule has 4 heteroatoms. The zero-order valence-electron chi connectivity index (χ0n) is 12.7. The third kappa shape index (κ3) is 2.82. The molecule has 1 saturated heterocycles. The molecule has 114 valence electrons. The Morgan fingerprint density at radius 3 is 2.86 bits per heavy atom. The maximum absolute atomic E-state index is 12.9. The largest absolute Gasteiger partial charge is 0.393 e. The third-order valence-corrected chi connectivity index (χ3v) is 5.07. The first-order chi connectivity index (χ1) is 10.2. The highest BCUT2D eigenvalue weighted by molar-refractivity contribution is 5.95. The highest BCUT2D eigenvalue weighted by atomic mass is 16.3. The number of nitrogens with zero attached hydrogens (tertiary/aromatic N) is 2. The zero-order chi connectivity index (χ0) is 14.8. The molecule has 0 aromatic carbocycles. The first-order valence-electron chi connectivity index (χ1n) is 8.09. The fourth-order valence-electron chi connectivity index (χ4n) is 3.94. The summed E-state index contributed by atoms with van der Waals surface area (Å²) < 4.78 is 0. The number of carbonyl (C=O) groups is 1. The van der Waals surface area contributed by atoms with Crippen molar-refractivity contribution < 1.29 is 9.90 Å². The van der Waals surface area contributed by atoms with E-state index in [-0.39, 0.29) is 24.0 Å². The van der Waals surface area contributed by atoms with Crippen LogP contribution in [0.2, 0.25) is 0 Å². The van der Waals surface area contributed by atoms with E-state index in [9.17, 15) is 9.90 Å². The van der Waals surface area contributed by atoms with E-state index < -0.39 is 0 Å². The Bertz CT molecular complexity index is 517. The molecule has 2 heterocycles. The van der Waals surface area contributed by atoms with E-state index in [4.69, 9.17) is 0 Å². The number of hydrogen-bond acceptors (Lipinski definition) is 3. The number of piperidine rings is 1. The van der Waals surface area contributed by atoms with Crippen molar-refractivity contribution in [3.63, 3.8) is 0 Å². The van der Waals surface area contributed by atoms with Gasteiger partial charge in [0.1, 0.15) is 0 Å². The SMILES string of the molecule is Cc1ncccc1C(=O)N1CCCCC1C1CCCC1O. The van der Waals surface area contributed by atoms with Crippen LogP contribution in [0.4, 0.5) is 0 Å². The summed E-state index contributed by atoms with van der Waals surface area (Å²) in [5.41, 5.74) is 1.50. The molecule has 0 radical (unpaired) electrons. The summed E-state index contributed by atoms with van der Waals surface area (Å²) in [7, 11) is 0. The van der Waals surface area contributed by atoms with Gasteiger partial charge in [0.25, 0.3) is 5.91 Å². The van der Waals surface area contributed by atoms with E-state index in [2.05, 4.69) is 4.98 Å². The topological polar surface area (TPSA) is 53.4 Å². The summed E-state index contributed by atoms with van der Waals surface area (Å²) in [6, 6.07) is 3.88. The second kappa shape index (κ2) is 6.14. The maximum Gasteiger partial charge on any atom is 0.255 e. The van der Waals surface area contributed by atoms with Crippen LogP contribution in [0.1, 0.15) is 54.6 Å². The quantitative estimate of drug-likeness (QED) is 0.910. The molecule has 3 atom stereocenters. The van der Waals surface area contributed by atoms with Gasteiger partial charge in [0.05, 0.1) is 11.7 Å². The van der Waals surface area contributed by atoms with Gasteiger partial charge in [-0.1, -0.05) is 6.42 Å². The standard InChI is InChI=1S/C17H24N2O2/c1-12-13(7-5-10-18-12)17(21)19-11-3-2-8-15(19)14-6-4-9-16(14)20/h5,7,10,14-16,20H,2-4,6,8-9,11H2,1H3. The lowest BCUT2D eigenvalue weighted by Gasteiger charge is -2.40. The van der Waals surface area contributed by atoms with Gasteiger partial charge in [-0.15, -0.1) is 0 Å². The molecular formula is C17H24N2O2. The van der Waals surface area contributed by atoms with Crippen molar-refractivity contribution in [1.29, 1.82) is 0 Å². The van der Waals surface area contributed by atoms with E-state index in [0.29, 0.717) is 5.56 Å². The first kappa shape index (κ1) is 14.5. The Morgan fingerprint density at radius 1 is 1.29 bits per heavy atom. The number of aliphatic hydroxyl groups excluding tert-OH is 1. The number of aryl methyl sites for hydroxylation is 1. The van der Waals surface area contributed by atoms with E-state index in [1.54, 1.807) is 6.20 Å². The average molecular weight is 288 g/mol. The predicted octanol–water partition coefficient (Wildman–Crippen LogP) is 2.55. The molecule has 1 saturated carbocycles. The van der Waals surface area contributed by atoms with Crippen LogP contribution in [0.5, 0.6) is 0 Å². The molecule has 3 unspecified atom stereocenters. The summed E-state index contributed by atoms with van der Waals surface area (Å²) in [5, 5.41) is 10.2. The van der Waals surface area contributed by atoms with E-state index >= 15 is 0 Å². The number of likely N-dealkylation sites (tertiary alicyclic amines) is 1. The summed E-state index contributed by atoms with van der Waals surface area (Å²) >= 11 is 0. The van der Waals surface area contributed by atoms with E-state index in [1.807, 2.05) is 24.0 Å². The predicted molar refractivity (Wildman–Crippen MR) is 81.0 cm³/mol. The fourth-order valence-corrected chi connectivity index (χ4v) is 3.94. The molecule has 1 aliphatic carbocycles. The highest BCUT2D eigenvalue weighted by Crippen LogP contribution is 2.35. The molecule has 1 aromatic rings. The van der Waals surface area contributed by atoms with Crippen LogP contribution in [0.15, 0.2) is 18.3 Å². The highest BCUT2D eigenvalue weighted by Gasteiger charge is 2.39. The van der Waals surface area contributed by atoms with Crippen molar-refractivity contribution in [2.45, 2.75) is 57.6 Å². The molecule has 1 amide bonds. The van der Waals surface area contributed by atoms with E-state index in [0.717, 1.165) is 50.8 Å². The number of carbonyl (C=O) groups excluding carboxylic acids is 1. The molecule has 1 aromatic heterocycles. The van der Waals surface area contributed by atoms with Crippen molar-refractivity contribution in [2.24, 2.45) is 5.92 Å². The molecule has 0 bridgehead atoms. The minimum absolute atomic E-state index is 0.0874. The normalized spacial score (nSPS) is 29.6. The van der Waals surface area contributed by atoms with Crippen LogP contribution in [0.3, 0.4) is 0 Å². The molecule has 0 spiro atoms. The van der Waals surface area contributed by atoms with Gasteiger partial charge in [0.2, 0.25) is 0 Å². The van der Waals surface area contributed by atoms with Gasteiger partial charge in [0, 0.05) is 30.4 Å². The van der Waals surface area contributed by atoms with Crippen molar-refractivity contribution >= 4 is 5.91 Å². The number of hydrogen-bond donors (Lipinski definition) is 1. The number of aliphatic hydroxyl groups is 1. The molecule has 2 aliphatic rings. The van der Waals surface area contributed by atoms with Gasteiger partial charge in [-0.25, -0.2) is 0 Å². The third-order valence-electron chi connectivity index (χ3n) is 5.07. The number of amides is 1. The minimum Gasteiger partial charge on any atom is -0.393 e. The average Bonchev–Trinajstić information content (AvgIpc) is 2.93. The summed E-state index contributed by atoms with van der Waals surface area (Å²) in [6.07, 6.45) is 7.73. The number of aromatic nitrogens is 1. The lowest BCUT2D eigenvalue weighted by molar-refractivity contribution is 0.0287. The molecule has 3 rings (SSSR count). The van der Waals surface area contributed by atoms with Crippen LogP contribution in [-0.4, -0.2) is 39.6 Å². The van der Waals surface area contributed by atoms with Crippen LogP contribution >= 0.6 is 0 Å². The lowest BCUT2D eigenvalue weighted by Crippen LogP contribution is -2.49. The van der Waals surface area contributed by atoms with Crippen LogP contribution < -0.4 is 0 Å². The van der Waals surface area contributed by atoms with Crippen molar-refractivity contribution in [3.8, 4) is 0 Å². The minimum atomic E-state index is -0.238. The maximum atomic E-state index is 12.9. The Morgan fingerprint density at radius 2 is 2.14 bits per heavy atom. The molecular weight excluding hydrogens is 264 g/mol. The summed E-state index contributed by atoms with van der Waals surface area (Å²) in [5.74, 6) is 0.343. The Balaban J connectivity index is 1.84. The fraction of sp³-hybridized carbons (Fsp3) is 0.647. The Kier molecular flexibility index (Phi) is 4.24. The van der Waals surface area contributed by atoms with Gasteiger partial charge in [-0.2, -0.15) is 0 Å². The second-order valence-electron chi connectivity index (χ2n) is 6.36. The van der Waals surface area contributed by atoms with Crippen molar-refractivity contribution in [3.05, 3.63) is 29.6 Å². The Hall–Kier alpha value is -1.42. The smallest absolute Gasteiger partial charge is 0.255 e. The van der Waals surface area contributed by atoms with Gasteiger partial charge in [-0.05, 0) is 51.2 Å². The van der Waals surface area contributed by atoms with Crippen LogP contribution in [-0.2, 0) is 0 Å². The van der Waals surface area contributed by atoms with Crippen molar-refractivity contribution in [1.82, 2.24) is 9.88 Å². The molecule has 1 N–H and O–H groups in total. The summed E-state index contributed by atoms with van der Waals surface area (Å²) in [6.45, 7) is 2.69. The summed E-state index contributed by atoms with van der Waals surface area (Å²) in [4.78, 5) is 19.1.